The number of nitrogens with zero attached hydrogens (tertiary/aromatic N) is 1. The molecule has 0 saturated carbocycles. The van der Waals surface area contributed by atoms with Gasteiger partial charge < -0.3 is 19.8 Å². The smallest absolute Gasteiger partial charge is 0.387 e. The molecular weight excluding hydrogens is 1030 g/mol. The van der Waals surface area contributed by atoms with Crippen LogP contribution in [0.1, 0.15) is 309 Å². The lowest BCUT2D eigenvalue weighted by Crippen LogP contribution is -2.45. The van der Waals surface area contributed by atoms with E-state index < -0.39 is 20.0 Å². The molecule has 82 heavy (non-hydrogen) atoms. The van der Waals surface area contributed by atoms with Crippen molar-refractivity contribution in [3.8, 4) is 0 Å². The van der Waals surface area contributed by atoms with Crippen LogP contribution < -0.4 is 5.32 Å². The molecule has 0 aliphatic rings. The zero-order chi connectivity index (χ0) is 59.8. The minimum Gasteiger partial charge on any atom is -0.387 e. The van der Waals surface area contributed by atoms with Gasteiger partial charge >= 0.3 is 7.82 Å². The summed E-state index contributed by atoms with van der Waals surface area (Å²) in [6.45, 7) is 4.73. The first-order valence-electron chi connectivity index (χ1n) is 34.6. The number of nitrogens with one attached hydrogen (secondary N) is 1. The lowest BCUT2D eigenvalue weighted by atomic mass is 10.0. The van der Waals surface area contributed by atoms with Gasteiger partial charge in [-0.15, -0.1) is 0 Å². The molecule has 0 bridgehead atoms. The molecule has 0 radical (unpaired) electrons. The van der Waals surface area contributed by atoms with Crippen molar-refractivity contribution < 1.29 is 32.9 Å². The number of aliphatic hydroxyl groups excluding tert-OH is 1. The van der Waals surface area contributed by atoms with Crippen molar-refractivity contribution in [3.05, 3.63) is 97.2 Å². The van der Waals surface area contributed by atoms with E-state index in [1.54, 1.807) is 6.08 Å². The van der Waals surface area contributed by atoms with E-state index in [4.69, 9.17) is 9.05 Å². The Morgan fingerprint density at radius 2 is 0.732 bits per heavy atom. The molecule has 3 N–H and O–H groups in total. The van der Waals surface area contributed by atoms with E-state index in [-0.39, 0.29) is 19.1 Å². The van der Waals surface area contributed by atoms with Gasteiger partial charge in [-0.05, 0) is 77.0 Å². The first-order valence-corrected chi connectivity index (χ1v) is 36.1. The van der Waals surface area contributed by atoms with Crippen LogP contribution in [0.2, 0.25) is 0 Å². The number of aliphatic hydroxyl groups is 1. The van der Waals surface area contributed by atoms with Gasteiger partial charge in [0.05, 0.1) is 39.9 Å². The summed E-state index contributed by atoms with van der Waals surface area (Å²) < 4.78 is 23.8. The fraction of sp³-hybridized carbons (Fsp3) is 0.767. The van der Waals surface area contributed by atoms with Crippen LogP contribution in [0.3, 0.4) is 0 Å². The Labute approximate surface area is 509 Å². The molecule has 9 heteroatoms. The number of phosphoric acid groups is 1. The summed E-state index contributed by atoms with van der Waals surface area (Å²) in [5.41, 5.74) is 0. The Hall–Kier alpha value is -2.58. The van der Waals surface area contributed by atoms with Crippen LogP contribution in [0.4, 0.5) is 0 Å². The van der Waals surface area contributed by atoms with Gasteiger partial charge in [0.15, 0.2) is 0 Å². The molecule has 3 atom stereocenters. The van der Waals surface area contributed by atoms with E-state index in [0.717, 1.165) is 83.5 Å². The molecule has 0 saturated heterocycles. The van der Waals surface area contributed by atoms with Crippen LogP contribution in [0.25, 0.3) is 0 Å². The van der Waals surface area contributed by atoms with E-state index in [0.29, 0.717) is 17.4 Å². The molecule has 0 spiro atoms. The third-order valence-electron chi connectivity index (χ3n) is 15.3. The third-order valence-corrected chi connectivity index (χ3v) is 16.3. The maximum Gasteiger partial charge on any atom is 0.472 e. The van der Waals surface area contributed by atoms with E-state index in [1.165, 1.54) is 205 Å². The standard InChI is InChI=1S/C73H133N2O6P/c1-6-8-10-12-14-16-18-20-22-24-26-28-30-31-32-33-34-35-36-37-38-39-40-41-42-43-45-47-49-51-53-55-57-59-61-63-65-67-73(77)74-71(70-81-82(78,79)80-69-68-75(3,4)5)72(76)66-64-62-60-58-56-54-52-50-48-46-44-29-27-25-23-21-19-17-15-13-11-9-7-2/h8,10,14,16,20,22,26,28,31-32,34-35,37-38,64,66,71-72,76H,6-7,9,11-13,15,17-19,21,23-25,27,29-30,33,36,39-63,65,67-70H2,1-5H3,(H-,74,77,78,79)/p+1/b10-8-,16-14-,22-20-,28-26-,32-31-,35-34-,38-37-,66-64+. The van der Waals surface area contributed by atoms with Crippen molar-refractivity contribution in [1.82, 2.24) is 5.32 Å². The second-order valence-corrected chi connectivity index (χ2v) is 26.0. The molecule has 8 nitrogen and oxygen atoms in total. The lowest BCUT2D eigenvalue weighted by molar-refractivity contribution is -0.870. The third kappa shape index (κ3) is 65.0. The molecule has 0 rings (SSSR count). The van der Waals surface area contributed by atoms with E-state index in [2.05, 4.69) is 104 Å². The van der Waals surface area contributed by atoms with Crippen molar-refractivity contribution in [2.45, 2.75) is 321 Å². The highest BCUT2D eigenvalue weighted by Gasteiger charge is 2.28. The Bertz CT molecular complexity index is 1660. The zero-order valence-corrected chi connectivity index (χ0v) is 55.4. The number of unbranched alkanes of at least 4 members (excludes halogenated alkanes) is 36. The summed E-state index contributed by atoms with van der Waals surface area (Å²) in [4.78, 5) is 23.4. The van der Waals surface area contributed by atoms with Crippen molar-refractivity contribution in [2.24, 2.45) is 0 Å². The molecule has 0 aromatic carbocycles. The Morgan fingerprint density at radius 1 is 0.427 bits per heavy atom. The van der Waals surface area contributed by atoms with Crippen molar-refractivity contribution in [2.75, 3.05) is 40.9 Å². The quantitative estimate of drug-likeness (QED) is 0.0243. The number of amides is 1. The fourth-order valence-electron chi connectivity index (χ4n) is 9.97. The van der Waals surface area contributed by atoms with Crippen LogP contribution in [-0.4, -0.2) is 73.4 Å². The summed E-state index contributed by atoms with van der Waals surface area (Å²) in [6.07, 6.45) is 91.1. The number of quaternary nitrogens is 1. The minimum atomic E-state index is -4.36. The summed E-state index contributed by atoms with van der Waals surface area (Å²) in [5, 5.41) is 14.0. The number of carbonyl (C=O) groups excluding carboxylic acids is 1. The first-order chi connectivity index (χ1) is 40.0. The van der Waals surface area contributed by atoms with Crippen LogP contribution in [-0.2, 0) is 18.4 Å². The average molecular weight is 1170 g/mol. The monoisotopic (exact) mass is 1170 g/mol. The molecular formula is C73H134N2O6P+. The van der Waals surface area contributed by atoms with Crippen LogP contribution in [0.15, 0.2) is 97.2 Å². The van der Waals surface area contributed by atoms with Crippen molar-refractivity contribution in [3.63, 3.8) is 0 Å². The van der Waals surface area contributed by atoms with Crippen LogP contribution >= 0.6 is 7.82 Å². The Kier molecular flexibility index (Phi) is 61.0. The first kappa shape index (κ1) is 79.4. The highest BCUT2D eigenvalue weighted by Crippen LogP contribution is 2.43. The number of likely N-dealkylation sites (N-methyl/N-ethyl adjacent to an activating group) is 1. The summed E-state index contributed by atoms with van der Waals surface area (Å²) in [6, 6.07) is -0.852. The van der Waals surface area contributed by atoms with Gasteiger partial charge in [0.1, 0.15) is 13.2 Å². The van der Waals surface area contributed by atoms with Crippen molar-refractivity contribution >= 4 is 13.7 Å². The predicted molar refractivity (Wildman–Crippen MR) is 359 cm³/mol. The number of carbonyl (C=O) groups is 1. The van der Waals surface area contributed by atoms with Gasteiger partial charge in [0.2, 0.25) is 5.91 Å². The second-order valence-electron chi connectivity index (χ2n) is 24.5. The van der Waals surface area contributed by atoms with Gasteiger partial charge in [0, 0.05) is 6.42 Å². The van der Waals surface area contributed by atoms with Crippen LogP contribution in [0.5, 0.6) is 0 Å². The number of hydrogen-bond acceptors (Lipinski definition) is 5. The maximum atomic E-state index is 13.1. The highest BCUT2D eigenvalue weighted by molar-refractivity contribution is 7.47. The average Bonchev–Trinajstić information content (AvgIpc) is 3.47. The maximum absolute atomic E-state index is 13.1. The lowest BCUT2D eigenvalue weighted by Gasteiger charge is -2.25. The highest BCUT2D eigenvalue weighted by atomic mass is 31.2. The Balaban J connectivity index is 4.07. The number of allylic oxidation sites excluding steroid dienone is 15. The summed E-state index contributed by atoms with van der Waals surface area (Å²) >= 11 is 0. The molecule has 0 aromatic rings. The van der Waals surface area contributed by atoms with Gasteiger partial charge in [0.25, 0.3) is 0 Å². The van der Waals surface area contributed by atoms with Gasteiger partial charge in [-0.3, -0.25) is 13.8 Å². The summed E-state index contributed by atoms with van der Waals surface area (Å²) in [5.74, 6) is -0.176. The van der Waals surface area contributed by atoms with Crippen molar-refractivity contribution in [1.29, 1.82) is 0 Å². The molecule has 476 valence electrons. The normalized spacial score (nSPS) is 14.3. The molecule has 0 aliphatic carbocycles. The Morgan fingerprint density at radius 3 is 1.07 bits per heavy atom. The number of hydrogen-bond donors (Lipinski definition) is 3. The molecule has 3 unspecified atom stereocenters. The van der Waals surface area contributed by atoms with Gasteiger partial charge in [-0.2, -0.15) is 0 Å². The zero-order valence-electron chi connectivity index (χ0n) is 54.5. The van der Waals surface area contributed by atoms with E-state index >= 15 is 0 Å². The molecule has 0 aliphatic heterocycles. The van der Waals surface area contributed by atoms with E-state index in [9.17, 15) is 19.4 Å². The molecule has 0 heterocycles. The largest absolute Gasteiger partial charge is 0.472 e. The second kappa shape index (κ2) is 62.9. The SMILES string of the molecule is CC/C=C\C/C=C\C/C=C\C/C=C\C/C=C\C/C=C\C/C=C\CCCCCCCCCCCCCCCCCC(=O)NC(COP(=O)(O)OCC[N+](C)(C)C)C(O)/C=C/CCCCCCCCCCCCCCCCCCCCCCC. The van der Waals surface area contributed by atoms with Crippen LogP contribution in [0, 0.1) is 0 Å². The molecule has 0 fully saturated rings. The number of rotatable bonds is 63. The van der Waals surface area contributed by atoms with E-state index in [1.807, 2.05) is 27.2 Å². The number of phosphoric ester groups is 1. The predicted octanol–water partition coefficient (Wildman–Crippen LogP) is 22.1. The minimum absolute atomic E-state index is 0.0594. The molecule has 0 aromatic heterocycles. The molecule has 1 amide bonds. The van der Waals surface area contributed by atoms with Gasteiger partial charge in [-0.1, -0.05) is 323 Å². The fourth-order valence-corrected chi connectivity index (χ4v) is 10.7. The topological polar surface area (TPSA) is 105 Å². The summed E-state index contributed by atoms with van der Waals surface area (Å²) in [7, 11) is 1.57. The van der Waals surface area contributed by atoms with Gasteiger partial charge in [-0.25, -0.2) is 4.57 Å².